The van der Waals surface area contributed by atoms with Crippen LogP contribution in [0.25, 0.3) is 0 Å². The number of carbonyl (C=O) groups is 4. The van der Waals surface area contributed by atoms with Crippen LogP contribution >= 0.6 is 0 Å². The van der Waals surface area contributed by atoms with Crippen molar-refractivity contribution in [2.45, 2.75) is 50.0 Å². The second-order valence-electron chi connectivity index (χ2n) is 7.24. The maximum absolute atomic E-state index is 12.3. The predicted octanol–water partition coefficient (Wildman–Crippen LogP) is -2.09. The average Bonchev–Trinajstić information content (AvgIpc) is 2.82. The van der Waals surface area contributed by atoms with Crippen molar-refractivity contribution in [1.29, 1.82) is 0 Å². The van der Waals surface area contributed by atoms with Crippen LogP contribution < -0.4 is 0 Å². The number of aliphatic hydroxyl groups is 1. The standard InChI is InChI=1S/C18H26N3O16/c1-2-11(22)35-17-16(37-14(25)5-8-21(31)32)15(36-13(24)4-7-20(29)30)10(34-18(17)26)9-33-12(23)3-6-19(27)28/h2,10,15-18,26-27,29,31H,1,3-9H2/q-3/t10-,15-,16+,17-,18+/m1/s1. The van der Waals surface area contributed by atoms with Crippen LogP contribution in [0.3, 0.4) is 0 Å². The van der Waals surface area contributed by atoms with Gasteiger partial charge in [-0.15, -0.1) is 0 Å². The minimum atomic E-state index is -2.06. The molecular weight excluding hydrogens is 514 g/mol. The van der Waals surface area contributed by atoms with Crippen LogP contribution in [0.15, 0.2) is 12.7 Å². The van der Waals surface area contributed by atoms with E-state index in [1.807, 2.05) is 0 Å². The third-order valence-electron chi connectivity index (χ3n) is 4.49. The molecule has 0 aromatic rings. The number of hydrogen-bond acceptors (Lipinski definition) is 19. The minimum absolute atomic E-state index is 0.531. The highest BCUT2D eigenvalue weighted by molar-refractivity contribution is 5.81. The molecule has 1 saturated heterocycles. The number of hydrogen-bond donors (Lipinski definition) is 4. The summed E-state index contributed by atoms with van der Waals surface area (Å²) in [6, 6.07) is 0. The molecule has 1 aliphatic heterocycles. The number of esters is 4. The summed E-state index contributed by atoms with van der Waals surface area (Å²) in [5, 5.41) is 66.6. The van der Waals surface area contributed by atoms with Crippen LogP contribution in [0.1, 0.15) is 19.3 Å². The van der Waals surface area contributed by atoms with Gasteiger partial charge in [0.15, 0.2) is 24.6 Å². The Bertz CT molecular complexity index is 778. The number of hydroxylamine groups is 6. The number of rotatable bonds is 15. The van der Waals surface area contributed by atoms with Gasteiger partial charge in [-0.3, -0.25) is 30.1 Å². The Labute approximate surface area is 208 Å². The molecule has 4 N–H and O–H groups in total. The van der Waals surface area contributed by atoms with Gasteiger partial charge in [-0.1, -0.05) is 6.58 Å². The van der Waals surface area contributed by atoms with Gasteiger partial charge in [0, 0.05) is 25.7 Å². The van der Waals surface area contributed by atoms with Crippen LogP contribution in [0.2, 0.25) is 0 Å². The second-order valence-corrected chi connectivity index (χ2v) is 7.24. The van der Waals surface area contributed by atoms with Crippen molar-refractivity contribution in [3.8, 4) is 0 Å². The largest absolute Gasteiger partial charge is 0.762 e. The molecule has 1 fully saturated rings. The summed E-state index contributed by atoms with van der Waals surface area (Å²) >= 11 is 0. The minimum Gasteiger partial charge on any atom is -0.762 e. The van der Waals surface area contributed by atoms with Gasteiger partial charge in [0.25, 0.3) is 0 Å². The molecule has 0 amide bonds. The molecule has 37 heavy (non-hydrogen) atoms. The zero-order chi connectivity index (χ0) is 28.1. The third kappa shape index (κ3) is 12.3. The molecule has 19 heteroatoms. The molecule has 212 valence electrons. The highest BCUT2D eigenvalue weighted by atomic mass is 16.8. The van der Waals surface area contributed by atoms with Crippen molar-refractivity contribution < 1.29 is 63.6 Å². The lowest BCUT2D eigenvalue weighted by Crippen LogP contribution is -2.62. The smallest absolute Gasteiger partial charge is 0.330 e. The molecule has 0 saturated carbocycles. The predicted molar refractivity (Wildman–Crippen MR) is 111 cm³/mol. The lowest BCUT2D eigenvalue weighted by atomic mass is 9.98. The molecular formula is C18H26N3O16-3. The summed E-state index contributed by atoms with van der Waals surface area (Å²) in [4.78, 5) is 48.1. The molecule has 1 rings (SSSR count). The fourth-order valence-electron chi connectivity index (χ4n) is 2.84. The van der Waals surface area contributed by atoms with Gasteiger partial charge in [-0.05, 0) is 0 Å². The van der Waals surface area contributed by atoms with E-state index in [2.05, 4.69) is 6.58 Å². The molecule has 0 radical (unpaired) electrons. The highest BCUT2D eigenvalue weighted by Gasteiger charge is 2.52. The first kappa shape index (κ1) is 32.2. The highest BCUT2D eigenvalue weighted by Crippen LogP contribution is 2.29. The van der Waals surface area contributed by atoms with Gasteiger partial charge in [0.2, 0.25) is 0 Å². The number of nitrogens with zero attached hydrogens (tertiary/aromatic N) is 3. The summed E-state index contributed by atoms with van der Waals surface area (Å²) in [6.45, 7) is 0.248. The molecule has 0 spiro atoms. The summed E-state index contributed by atoms with van der Waals surface area (Å²) in [5.41, 5.74) is 0. The molecule has 0 aliphatic carbocycles. The van der Waals surface area contributed by atoms with E-state index in [0.717, 1.165) is 0 Å². The van der Waals surface area contributed by atoms with Crippen LogP contribution in [-0.2, 0) is 42.9 Å². The molecule has 0 bridgehead atoms. The Kier molecular flexibility index (Phi) is 14.0. The SMILES string of the molecule is C=CC(=O)O[C@@H]1[C@@H](OC(=O)CCN([O-])O)[C@H](OC(=O)CCN([O-])O)[C@@H](COC(=O)CCN([O-])O)O[C@@H]1O. The van der Waals surface area contributed by atoms with Gasteiger partial charge >= 0.3 is 23.9 Å². The second kappa shape index (κ2) is 16.1. The summed E-state index contributed by atoms with van der Waals surface area (Å²) in [5.74, 6) is -4.52. The molecule has 0 unspecified atom stereocenters. The monoisotopic (exact) mass is 540 g/mol. The first-order valence-corrected chi connectivity index (χ1v) is 10.5. The first-order chi connectivity index (χ1) is 17.3. The van der Waals surface area contributed by atoms with Gasteiger partial charge in [0.05, 0.1) is 19.3 Å². The van der Waals surface area contributed by atoms with Crippen molar-refractivity contribution in [2.75, 3.05) is 26.2 Å². The van der Waals surface area contributed by atoms with E-state index >= 15 is 0 Å². The van der Waals surface area contributed by atoms with E-state index in [0.29, 0.717) is 6.08 Å². The van der Waals surface area contributed by atoms with Crippen molar-refractivity contribution in [1.82, 2.24) is 15.7 Å². The van der Waals surface area contributed by atoms with Gasteiger partial charge in [-0.25, -0.2) is 4.79 Å². The Morgan fingerprint density at radius 1 is 0.784 bits per heavy atom. The van der Waals surface area contributed by atoms with Crippen LogP contribution in [0.4, 0.5) is 0 Å². The molecule has 19 nitrogen and oxygen atoms in total. The first-order valence-electron chi connectivity index (χ1n) is 10.5. The fourth-order valence-corrected chi connectivity index (χ4v) is 2.84. The van der Waals surface area contributed by atoms with Crippen molar-refractivity contribution in [3.63, 3.8) is 0 Å². The molecule has 1 aliphatic rings. The Hall–Kier alpha value is -2.82. The maximum Gasteiger partial charge on any atom is 0.330 e. The summed E-state index contributed by atoms with van der Waals surface area (Å²) < 4.78 is 25.3. The molecule has 0 aromatic heterocycles. The van der Waals surface area contributed by atoms with E-state index in [-0.39, 0.29) is 0 Å². The quantitative estimate of drug-likeness (QED) is 0.0749. The molecule has 5 atom stereocenters. The van der Waals surface area contributed by atoms with Crippen LogP contribution in [-0.4, -0.2) is 117 Å². The van der Waals surface area contributed by atoms with E-state index in [1.54, 1.807) is 0 Å². The lowest BCUT2D eigenvalue weighted by molar-refractivity contribution is -0.296. The van der Waals surface area contributed by atoms with E-state index in [1.165, 1.54) is 0 Å². The summed E-state index contributed by atoms with van der Waals surface area (Å²) in [7, 11) is 0. The third-order valence-corrected chi connectivity index (χ3v) is 4.49. The zero-order valence-corrected chi connectivity index (χ0v) is 19.2. The van der Waals surface area contributed by atoms with Crippen molar-refractivity contribution >= 4 is 23.9 Å². The fraction of sp³-hybridized carbons (Fsp3) is 0.667. The van der Waals surface area contributed by atoms with E-state index < -0.39 is 116 Å². The van der Waals surface area contributed by atoms with Crippen LogP contribution in [0, 0.1) is 15.6 Å². The van der Waals surface area contributed by atoms with Gasteiger partial charge in [-0.2, -0.15) is 0 Å². The Morgan fingerprint density at radius 2 is 1.24 bits per heavy atom. The normalized spacial score (nSPS) is 23.6. The molecule has 0 aromatic carbocycles. The number of carbonyl (C=O) groups excluding carboxylic acids is 4. The Morgan fingerprint density at radius 3 is 1.70 bits per heavy atom. The average molecular weight is 540 g/mol. The zero-order valence-electron chi connectivity index (χ0n) is 19.2. The lowest BCUT2D eigenvalue weighted by Gasteiger charge is -2.42. The number of ether oxygens (including phenoxy) is 5. The van der Waals surface area contributed by atoms with Crippen molar-refractivity contribution in [3.05, 3.63) is 28.3 Å². The molecule has 1 heterocycles. The maximum atomic E-state index is 12.3. The number of aliphatic hydroxyl groups excluding tert-OH is 1. The van der Waals surface area contributed by atoms with Gasteiger partial charge < -0.3 is 60.0 Å². The topological polar surface area (TPSA) is 274 Å². The summed E-state index contributed by atoms with van der Waals surface area (Å²) in [6.07, 6.45) is -10.4. The Balaban J connectivity index is 3.21. The van der Waals surface area contributed by atoms with Crippen LogP contribution in [0.5, 0.6) is 0 Å². The van der Waals surface area contributed by atoms with Gasteiger partial charge in [0.1, 0.15) is 12.7 Å². The van der Waals surface area contributed by atoms with E-state index in [9.17, 15) is 39.9 Å². The van der Waals surface area contributed by atoms with E-state index in [4.69, 9.17) is 39.3 Å². The van der Waals surface area contributed by atoms with Crippen molar-refractivity contribution in [2.24, 2.45) is 0 Å².